The van der Waals surface area contributed by atoms with E-state index in [9.17, 15) is 14.7 Å². The molecule has 0 aliphatic carbocycles. The molecule has 0 saturated heterocycles. The quantitative estimate of drug-likeness (QED) is 0.527. The minimum atomic E-state index is -0.415. The molecule has 138 valence electrons. The molecule has 0 spiro atoms. The Hall–Kier alpha value is -3.80. The van der Waals surface area contributed by atoms with Crippen LogP contribution < -0.4 is 10.1 Å². The Kier molecular flexibility index (Phi) is 3.27. The van der Waals surface area contributed by atoms with E-state index in [1.165, 1.54) is 7.11 Å². The van der Waals surface area contributed by atoms with Crippen molar-refractivity contribution >= 4 is 33.6 Å². The van der Waals surface area contributed by atoms with E-state index in [1.54, 1.807) is 12.1 Å². The molecule has 0 unspecified atom stereocenters. The van der Waals surface area contributed by atoms with Gasteiger partial charge in [0.2, 0.25) is 0 Å². The first-order valence-corrected chi connectivity index (χ1v) is 8.78. The molecule has 3 aromatic carbocycles. The number of carbonyl (C=O) groups excluding carboxylic acids is 2. The standard InChI is InChI=1S/C22H16N2O4/c1-24-14-10-16(25)17(28-2)9-13(14)18-15(24)8-12(11-6-4-3-5-7-11)19-20(18)22(27)23-21(19)26/h3-10,25H,1-2H3,(H,23,26,27). The molecule has 0 saturated carbocycles. The van der Waals surface area contributed by atoms with Crippen LogP contribution in [0.15, 0.2) is 48.5 Å². The van der Waals surface area contributed by atoms with Gasteiger partial charge in [0, 0.05) is 23.9 Å². The predicted molar refractivity (Wildman–Crippen MR) is 106 cm³/mol. The molecule has 4 aromatic rings. The van der Waals surface area contributed by atoms with Gasteiger partial charge in [0.1, 0.15) is 0 Å². The number of hydrogen-bond donors (Lipinski definition) is 2. The molecular formula is C22H16N2O4. The smallest absolute Gasteiger partial charge is 0.259 e. The number of aromatic nitrogens is 1. The summed E-state index contributed by atoms with van der Waals surface area (Å²) in [6.45, 7) is 0. The van der Waals surface area contributed by atoms with Gasteiger partial charge in [0.25, 0.3) is 11.8 Å². The molecule has 6 nitrogen and oxygen atoms in total. The first-order valence-electron chi connectivity index (χ1n) is 8.78. The Morgan fingerprint density at radius 3 is 2.39 bits per heavy atom. The number of phenols is 1. The summed E-state index contributed by atoms with van der Waals surface area (Å²) in [7, 11) is 3.34. The van der Waals surface area contributed by atoms with Crippen LogP contribution in [0.25, 0.3) is 32.9 Å². The largest absolute Gasteiger partial charge is 0.504 e. The summed E-state index contributed by atoms with van der Waals surface area (Å²) in [5.41, 5.74) is 3.84. The van der Waals surface area contributed by atoms with Gasteiger partial charge in [-0.1, -0.05) is 30.3 Å². The number of nitrogens with zero attached hydrogens (tertiary/aromatic N) is 1. The van der Waals surface area contributed by atoms with E-state index in [-0.39, 0.29) is 5.75 Å². The number of phenolic OH excluding ortho intramolecular Hbond substituents is 1. The van der Waals surface area contributed by atoms with E-state index in [1.807, 2.05) is 48.0 Å². The van der Waals surface area contributed by atoms with Crippen molar-refractivity contribution in [2.75, 3.05) is 7.11 Å². The van der Waals surface area contributed by atoms with Crippen LogP contribution in [0.4, 0.5) is 0 Å². The number of rotatable bonds is 2. The first-order chi connectivity index (χ1) is 13.5. The number of fused-ring (bicyclic) bond motifs is 5. The summed E-state index contributed by atoms with van der Waals surface area (Å²) in [6, 6.07) is 14.7. The maximum Gasteiger partial charge on any atom is 0.259 e. The lowest BCUT2D eigenvalue weighted by Crippen LogP contribution is -2.20. The maximum atomic E-state index is 12.7. The summed E-state index contributed by atoms with van der Waals surface area (Å²) < 4.78 is 7.15. The van der Waals surface area contributed by atoms with E-state index < -0.39 is 11.8 Å². The first kappa shape index (κ1) is 16.4. The monoisotopic (exact) mass is 372 g/mol. The Bertz CT molecular complexity index is 1320. The van der Waals surface area contributed by atoms with Crippen molar-refractivity contribution in [2.45, 2.75) is 0 Å². The summed E-state index contributed by atoms with van der Waals surface area (Å²) in [6.07, 6.45) is 0. The number of aryl methyl sites for hydroxylation is 1. The number of nitrogens with one attached hydrogen (secondary N) is 1. The Morgan fingerprint density at radius 2 is 1.68 bits per heavy atom. The van der Waals surface area contributed by atoms with Crippen molar-refractivity contribution < 1.29 is 19.4 Å². The normalized spacial score (nSPS) is 13.2. The number of benzene rings is 3. The van der Waals surface area contributed by atoms with Gasteiger partial charge in [-0.15, -0.1) is 0 Å². The summed E-state index contributed by atoms with van der Waals surface area (Å²) in [5, 5.41) is 14.1. The molecule has 0 atom stereocenters. The van der Waals surface area contributed by atoms with Crippen molar-refractivity contribution in [3.8, 4) is 22.6 Å². The Morgan fingerprint density at radius 1 is 0.964 bits per heavy atom. The highest BCUT2D eigenvalue weighted by molar-refractivity contribution is 6.32. The van der Waals surface area contributed by atoms with Gasteiger partial charge in [-0.2, -0.15) is 0 Å². The van der Waals surface area contributed by atoms with Crippen molar-refractivity contribution in [2.24, 2.45) is 7.05 Å². The van der Waals surface area contributed by atoms with Crippen LogP contribution in [0.5, 0.6) is 11.5 Å². The van der Waals surface area contributed by atoms with Crippen LogP contribution >= 0.6 is 0 Å². The fourth-order valence-corrected chi connectivity index (χ4v) is 4.07. The highest BCUT2D eigenvalue weighted by atomic mass is 16.5. The van der Waals surface area contributed by atoms with Crippen LogP contribution in [0.1, 0.15) is 20.7 Å². The number of amides is 2. The van der Waals surface area contributed by atoms with Crippen LogP contribution in [0, 0.1) is 0 Å². The lowest BCUT2D eigenvalue weighted by molar-refractivity contribution is 0.0880. The molecule has 6 heteroatoms. The highest BCUT2D eigenvalue weighted by Crippen LogP contribution is 2.42. The van der Waals surface area contributed by atoms with Crippen molar-refractivity contribution in [1.29, 1.82) is 0 Å². The van der Waals surface area contributed by atoms with Crippen molar-refractivity contribution in [3.05, 3.63) is 59.7 Å². The van der Waals surface area contributed by atoms with Gasteiger partial charge in [-0.25, -0.2) is 0 Å². The number of methoxy groups -OCH3 is 1. The molecular weight excluding hydrogens is 356 g/mol. The Labute approximate surface area is 160 Å². The summed E-state index contributed by atoms with van der Waals surface area (Å²) in [4.78, 5) is 25.4. The fraction of sp³-hybridized carbons (Fsp3) is 0.0909. The van der Waals surface area contributed by atoms with Gasteiger partial charge in [-0.3, -0.25) is 14.9 Å². The van der Waals surface area contributed by atoms with E-state index >= 15 is 0 Å². The highest BCUT2D eigenvalue weighted by Gasteiger charge is 2.34. The van der Waals surface area contributed by atoms with Crippen LogP contribution in [-0.2, 0) is 7.05 Å². The fourth-order valence-electron chi connectivity index (χ4n) is 4.07. The second-order valence-corrected chi connectivity index (χ2v) is 6.82. The SMILES string of the molecule is COc1cc2c3c4c(c(-c5ccccc5)cc3n(C)c2cc1O)C(=O)NC4=O. The molecule has 2 amide bonds. The number of imide groups is 1. The maximum absolute atomic E-state index is 12.7. The minimum absolute atomic E-state index is 0.0152. The minimum Gasteiger partial charge on any atom is -0.504 e. The topological polar surface area (TPSA) is 80.6 Å². The van der Waals surface area contributed by atoms with Crippen LogP contribution in [-0.4, -0.2) is 28.6 Å². The molecule has 5 rings (SSSR count). The molecule has 28 heavy (non-hydrogen) atoms. The number of aromatic hydroxyl groups is 1. The van der Waals surface area contributed by atoms with Gasteiger partial charge in [0.05, 0.1) is 29.3 Å². The zero-order chi connectivity index (χ0) is 19.6. The van der Waals surface area contributed by atoms with Gasteiger partial charge >= 0.3 is 0 Å². The molecule has 2 N–H and O–H groups in total. The molecule has 1 aliphatic heterocycles. The van der Waals surface area contributed by atoms with E-state index in [0.29, 0.717) is 27.8 Å². The molecule has 1 aliphatic rings. The second kappa shape index (κ2) is 5.60. The van der Waals surface area contributed by atoms with Gasteiger partial charge < -0.3 is 14.4 Å². The van der Waals surface area contributed by atoms with E-state index in [4.69, 9.17) is 4.74 Å². The van der Waals surface area contributed by atoms with Crippen molar-refractivity contribution in [1.82, 2.24) is 9.88 Å². The average molecular weight is 372 g/mol. The predicted octanol–water partition coefficient (Wildman–Crippen LogP) is 3.60. The number of ether oxygens (including phenoxy) is 1. The van der Waals surface area contributed by atoms with Crippen molar-refractivity contribution in [3.63, 3.8) is 0 Å². The second-order valence-electron chi connectivity index (χ2n) is 6.82. The molecule has 0 radical (unpaired) electrons. The molecule has 0 fully saturated rings. The third-order valence-electron chi connectivity index (χ3n) is 5.36. The van der Waals surface area contributed by atoms with E-state index in [2.05, 4.69) is 5.32 Å². The van der Waals surface area contributed by atoms with Crippen LogP contribution in [0.3, 0.4) is 0 Å². The average Bonchev–Trinajstić information content (AvgIpc) is 3.15. The number of carbonyl (C=O) groups is 2. The third kappa shape index (κ3) is 2.02. The van der Waals surface area contributed by atoms with Crippen LogP contribution in [0.2, 0.25) is 0 Å². The summed E-state index contributed by atoms with van der Waals surface area (Å²) >= 11 is 0. The van der Waals surface area contributed by atoms with Gasteiger partial charge in [0.15, 0.2) is 11.5 Å². The lowest BCUT2D eigenvalue weighted by Gasteiger charge is -2.09. The molecule has 1 aromatic heterocycles. The lowest BCUT2D eigenvalue weighted by atomic mass is 9.93. The third-order valence-corrected chi connectivity index (χ3v) is 5.36. The zero-order valence-corrected chi connectivity index (χ0v) is 15.2. The zero-order valence-electron chi connectivity index (χ0n) is 15.2. The molecule has 0 bridgehead atoms. The Balaban J connectivity index is 2.01. The van der Waals surface area contributed by atoms with E-state index in [0.717, 1.165) is 22.0 Å². The molecule has 2 heterocycles. The summed E-state index contributed by atoms with van der Waals surface area (Å²) in [5.74, 6) is -0.488. The number of hydrogen-bond acceptors (Lipinski definition) is 4. The van der Waals surface area contributed by atoms with Gasteiger partial charge in [-0.05, 0) is 23.3 Å².